The molecule has 10 atom stereocenters. The Labute approximate surface area is 247 Å². The number of carbonyl (C=O) groups is 3. The van der Waals surface area contributed by atoms with Crippen LogP contribution in [0.1, 0.15) is 130 Å². The summed E-state index contributed by atoms with van der Waals surface area (Å²) in [6.07, 6.45) is 15.5. The molecule has 1 amide bonds. The number of fused-ring (bicyclic) bond motifs is 5. The van der Waals surface area contributed by atoms with Crippen molar-refractivity contribution in [1.82, 2.24) is 5.32 Å². The fourth-order valence-electron chi connectivity index (χ4n) is 10.2. The number of amides is 1. The van der Waals surface area contributed by atoms with Crippen molar-refractivity contribution in [2.24, 2.45) is 46.3 Å². The monoisotopic (exact) mass is 575 g/mol. The minimum atomic E-state index is -1.02. The molecule has 3 N–H and O–H groups in total. The molecule has 0 aromatic carbocycles. The topological polar surface area (TPSA) is 113 Å². The van der Waals surface area contributed by atoms with E-state index in [1.54, 1.807) is 0 Å². The first-order valence-electron chi connectivity index (χ1n) is 16.9. The van der Waals surface area contributed by atoms with Gasteiger partial charge in [-0.1, -0.05) is 53.4 Å². The SMILES string of the molecule is CCCCCCCC(=O)OC1CCC2(C)C(CCC3C2CC(O)C2(C)C(C(C)CCC(=O)NCC(=O)O)CCC32)C1. The average Bonchev–Trinajstić information content (AvgIpc) is 3.30. The van der Waals surface area contributed by atoms with Gasteiger partial charge in [0.15, 0.2) is 0 Å². The van der Waals surface area contributed by atoms with Gasteiger partial charge in [0, 0.05) is 12.8 Å². The van der Waals surface area contributed by atoms with Crippen LogP contribution in [0, 0.1) is 46.3 Å². The summed E-state index contributed by atoms with van der Waals surface area (Å²) >= 11 is 0. The third-order valence-corrected chi connectivity index (χ3v) is 12.5. The summed E-state index contributed by atoms with van der Waals surface area (Å²) < 4.78 is 6.00. The van der Waals surface area contributed by atoms with Gasteiger partial charge in [0.2, 0.25) is 5.91 Å². The predicted molar refractivity (Wildman–Crippen MR) is 159 cm³/mol. The van der Waals surface area contributed by atoms with Crippen LogP contribution in [0.25, 0.3) is 0 Å². The van der Waals surface area contributed by atoms with Gasteiger partial charge in [-0.3, -0.25) is 14.4 Å². The van der Waals surface area contributed by atoms with Gasteiger partial charge in [-0.2, -0.15) is 0 Å². The maximum atomic E-state index is 12.5. The van der Waals surface area contributed by atoms with Crippen molar-refractivity contribution in [1.29, 1.82) is 0 Å². The molecule has 4 fully saturated rings. The Bertz CT molecular complexity index is 923. The number of rotatable bonds is 13. The predicted octanol–water partition coefficient (Wildman–Crippen LogP) is 6.51. The number of carboxylic acid groups (broad SMARTS) is 1. The lowest BCUT2D eigenvalue weighted by Gasteiger charge is -2.62. The highest BCUT2D eigenvalue weighted by atomic mass is 16.5. The molecular weight excluding hydrogens is 518 g/mol. The van der Waals surface area contributed by atoms with Gasteiger partial charge in [0.25, 0.3) is 0 Å². The zero-order chi connectivity index (χ0) is 29.8. The molecule has 0 heterocycles. The molecule has 0 aromatic heterocycles. The molecule has 4 aliphatic carbocycles. The van der Waals surface area contributed by atoms with Crippen LogP contribution in [-0.2, 0) is 19.1 Å². The zero-order valence-electron chi connectivity index (χ0n) is 26.2. The van der Waals surface area contributed by atoms with Crippen molar-refractivity contribution in [3.05, 3.63) is 0 Å². The van der Waals surface area contributed by atoms with Crippen molar-refractivity contribution in [3.8, 4) is 0 Å². The van der Waals surface area contributed by atoms with Crippen molar-refractivity contribution < 1.29 is 29.3 Å². The number of esters is 1. The molecule has 4 saturated carbocycles. The fourth-order valence-corrected chi connectivity index (χ4v) is 10.2. The number of nitrogens with one attached hydrogen (secondary N) is 1. The van der Waals surface area contributed by atoms with E-state index < -0.39 is 5.97 Å². The third kappa shape index (κ3) is 6.96. The number of carboxylic acids is 1. The fraction of sp³-hybridized carbons (Fsp3) is 0.912. The highest BCUT2D eigenvalue weighted by Gasteiger charge is 2.63. The molecule has 41 heavy (non-hydrogen) atoms. The number of unbranched alkanes of at least 4 members (excludes halogenated alkanes) is 4. The van der Waals surface area contributed by atoms with E-state index in [9.17, 15) is 19.5 Å². The lowest BCUT2D eigenvalue weighted by Crippen LogP contribution is -2.59. The highest BCUT2D eigenvalue weighted by Crippen LogP contribution is 2.68. The Kier molecular flexibility index (Phi) is 10.8. The van der Waals surface area contributed by atoms with Crippen LogP contribution in [0.3, 0.4) is 0 Å². The van der Waals surface area contributed by atoms with Gasteiger partial charge in [0.1, 0.15) is 12.6 Å². The van der Waals surface area contributed by atoms with E-state index in [0.29, 0.717) is 48.3 Å². The summed E-state index contributed by atoms with van der Waals surface area (Å²) in [5.74, 6) is 1.63. The number of hydrogen-bond donors (Lipinski definition) is 3. The van der Waals surface area contributed by atoms with Gasteiger partial charge in [-0.15, -0.1) is 0 Å². The lowest BCUT2D eigenvalue weighted by molar-refractivity contribution is -0.181. The van der Waals surface area contributed by atoms with Gasteiger partial charge in [-0.05, 0) is 111 Å². The minimum Gasteiger partial charge on any atom is -0.480 e. The molecule has 7 heteroatoms. The molecule has 4 rings (SSSR count). The first kappa shape index (κ1) is 32.3. The molecule has 0 bridgehead atoms. The second-order valence-electron chi connectivity index (χ2n) is 14.7. The molecule has 4 aliphatic rings. The van der Waals surface area contributed by atoms with Crippen LogP contribution in [0.2, 0.25) is 0 Å². The van der Waals surface area contributed by atoms with E-state index in [1.807, 2.05) is 0 Å². The largest absolute Gasteiger partial charge is 0.480 e. The van der Waals surface area contributed by atoms with E-state index >= 15 is 0 Å². The summed E-state index contributed by atoms with van der Waals surface area (Å²) in [6.45, 7) is 8.88. The number of aliphatic hydroxyl groups is 1. The second kappa shape index (κ2) is 13.8. The van der Waals surface area contributed by atoms with E-state index in [4.69, 9.17) is 9.84 Å². The molecule has 234 valence electrons. The summed E-state index contributed by atoms with van der Waals surface area (Å²) in [6, 6.07) is 0. The number of carbonyl (C=O) groups excluding carboxylic acids is 2. The first-order valence-corrected chi connectivity index (χ1v) is 16.9. The molecule has 0 aliphatic heterocycles. The van der Waals surface area contributed by atoms with Gasteiger partial charge >= 0.3 is 11.9 Å². The molecule has 0 saturated heterocycles. The molecule has 10 unspecified atom stereocenters. The maximum absolute atomic E-state index is 12.5. The Morgan fingerprint density at radius 3 is 2.44 bits per heavy atom. The third-order valence-electron chi connectivity index (χ3n) is 12.5. The average molecular weight is 576 g/mol. The van der Waals surface area contributed by atoms with E-state index in [2.05, 4.69) is 33.0 Å². The van der Waals surface area contributed by atoms with Crippen LogP contribution in [0.5, 0.6) is 0 Å². The number of aliphatic hydroxyl groups excluding tert-OH is 1. The number of hydrogen-bond acceptors (Lipinski definition) is 5. The second-order valence-corrected chi connectivity index (χ2v) is 14.7. The Morgan fingerprint density at radius 2 is 1.71 bits per heavy atom. The molecule has 7 nitrogen and oxygen atoms in total. The van der Waals surface area contributed by atoms with Gasteiger partial charge in [-0.25, -0.2) is 0 Å². The molecule has 0 spiro atoms. The lowest BCUT2D eigenvalue weighted by atomic mass is 9.43. The number of aliphatic carboxylic acids is 1. The summed E-state index contributed by atoms with van der Waals surface area (Å²) in [4.78, 5) is 35.5. The van der Waals surface area contributed by atoms with Crippen LogP contribution in [-0.4, -0.2) is 46.8 Å². The van der Waals surface area contributed by atoms with Gasteiger partial charge in [0.05, 0.1) is 6.10 Å². The van der Waals surface area contributed by atoms with E-state index in [1.165, 1.54) is 32.1 Å². The van der Waals surface area contributed by atoms with Crippen molar-refractivity contribution in [2.45, 2.75) is 143 Å². The quantitative estimate of drug-likeness (QED) is 0.171. The Hall–Kier alpha value is -1.63. The Morgan fingerprint density at radius 1 is 0.951 bits per heavy atom. The van der Waals surface area contributed by atoms with Crippen LogP contribution >= 0.6 is 0 Å². The standard InChI is InChI=1S/C34H57NO6/c1-5-6-7-8-9-10-32(40)41-24-17-18-33(3)23(19-24)12-13-25-27-15-14-26(34(27,4)29(36)20-28(25)33)22(2)11-16-30(37)35-21-31(38)39/h22-29,36H,5-21H2,1-4H3,(H,35,37)(H,38,39). The normalized spacial score (nSPS) is 38.7. The zero-order valence-corrected chi connectivity index (χ0v) is 26.2. The summed E-state index contributed by atoms with van der Waals surface area (Å²) in [7, 11) is 0. The van der Waals surface area contributed by atoms with E-state index in [0.717, 1.165) is 57.8 Å². The first-order chi connectivity index (χ1) is 19.5. The molecular formula is C34H57NO6. The smallest absolute Gasteiger partial charge is 0.322 e. The van der Waals surface area contributed by atoms with Crippen LogP contribution in [0.15, 0.2) is 0 Å². The van der Waals surface area contributed by atoms with Crippen LogP contribution < -0.4 is 5.32 Å². The van der Waals surface area contributed by atoms with Crippen molar-refractivity contribution >= 4 is 17.8 Å². The summed E-state index contributed by atoms with van der Waals surface area (Å²) in [5, 5.41) is 23.1. The summed E-state index contributed by atoms with van der Waals surface area (Å²) in [5.41, 5.74) is 0.0609. The van der Waals surface area contributed by atoms with Crippen LogP contribution in [0.4, 0.5) is 0 Å². The number of ether oxygens (including phenoxy) is 1. The highest BCUT2D eigenvalue weighted by molar-refractivity contribution is 5.81. The van der Waals surface area contributed by atoms with Gasteiger partial charge < -0.3 is 20.3 Å². The van der Waals surface area contributed by atoms with Crippen molar-refractivity contribution in [3.63, 3.8) is 0 Å². The Balaban J connectivity index is 1.33. The van der Waals surface area contributed by atoms with E-state index in [-0.39, 0.29) is 41.5 Å². The minimum absolute atomic E-state index is 0.0156. The molecule has 0 radical (unpaired) electrons. The molecule has 0 aromatic rings. The van der Waals surface area contributed by atoms with Crippen molar-refractivity contribution in [2.75, 3.05) is 6.54 Å². The maximum Gasteiger partial charge on any atom is 0.322 e.